The third kappa shape index (κ3) is 9.35. The summed E-state index contributed by atoms with van der Waals surface area (Å²) in [6.07, 6.45) is 2.76. The molecule has 0 aromatic carbocycles. The molecule has 4 nitrogen and oxygen atoms in total. The highest BCUT2D eigenvalue weighted by Crippen LogP contribution is 2.22. The van der Waals surface area contributed by atoms with Crippen LogP contribution in [-0.2, 0) is 0 Å². The zero-order chi connectivity index (χ0) is 18.0. The summed E-state index contributed by atoms with van der Waals surface area (Å²) >= 11 is 0. The van der Waals surface area contributed by atoms with Gasteiger partial charge in [0.05, 0.1) is 6.54 Å². The number of rotatable bonds is 9. The molecule has 1 saturated heterocycles. The minimum absolute atomic E-state index is 0.241. The predicted molar refractivity (Wildman–Crippen MR) is 93.3 cm³/mol. The van der Waals surface area contributed by atoms with Gasteiger partial charge in [-0.15, -0.1) is 0 Å². The van der Waals surface area contributed by atoms with Gasteiger partial charge < -0.3 is 10.6 Å². The van der Waals surface area contributed by atoms with Gasteiger partial charge in [-0.05, 0) is 32.2 Å². The molecule has 24 heavy (non-hydrogen) atoms. The van der Waals surface area contributed by atoms with E-state index in [1.54, 1.807) is 7.05 Å². The molecule has 0 aromatic rings. The molecule has 1 aliphatic rings. The number of hydrogen-bond donors (Lipinski definition) is 2. The minimum atomic E-state index is -4.10. The lowest BCUT2D eigenvalue weighted by molar-refractivity contribution is -0.143. The topological polar surface area (TPSA) is 39.7 Å². The van der Waals surface area contributed by atoms with Gasteiger partial charge in [-0.3, -0.25) is 9.89 Å². The zero-order valence-corrected chi connectivity index (χ0v) is 15.3. The second kappa shape index (κ2) is 10.8. The highest BCUT2D eigenvalue weighted by Gasteiger charge is 2.34. The van der Waals surface area contributed by atoms with Gasteiger partial charge in [0, 0.05) is 26.2 Å². The van der Waals surface area contributed by atoms with E-state index in [9.17, 15) is 13.2 Å². The first-order valence-corrected chi connectivity index (χ1v) is 9.10. The van der Waals surface area contributed by atoms with Crippen LogP contribution >= 0.6 is 0 Å². The fourth-order valence-corrected chi connectivity index (χ4v) is 3.10. The number of guanidine groups is 1. The molecular formula is C17H33F3N4. The maximum absolute atomic E-state index is 12.4. The maximum Gasteiger partial charge on any atom is 0.401 e. The zero-order valence-electron chi connectivity index (χ0n) is 15.3. The maximum atomic E-state index is 12.4. The highest BCUT2D eigenvalue weighted by molar-refractivity contribution is 5.79. The Morgan fingerprint density at radius 2 is 2.04 bits per heavy atom. The SMILES string of the molecule is CCCCCCC(C)NC(=NC)NCC1CCN(CC(F)(F)F)C1. The average molecular weight is 350 g/mol. The average Bonchev–Trinajstić information content (AvgIpc) is 2.93. The van der Waals surface area contributed by atoms with Gasteiger partial charge in [0.25, 0.3) is 0 Å². The van der Waals surface area contributed by atoms with Crippen LogP contribution in [0.25, 0.3) is 0 Å². The molecule has 2 atom stereocenters. The molecule has 142 valence electrons. The van der Waals surface area contributed by atoms with Gasteiger partial charge in [-0.2, -0.15) is 13.2 Å². The summed E-state index contributed by atoms with van der Waals surface area (Å²) in [7, 11) is 1.73. The van der Waals surface area contributed by atoms with Crippen LogP contribution in [0.3, 0.4) is 0 Å². The summed E-state index contributed by atoms with van der Waals surface area (Å²) in [5, 5.41) is 6.62. The molecule has 0 saturated carbocycles. The van der Waals surface area contributed by atoms with E-state index >= 15 is 0 Å². The van der Waals surface area contributed by atoms with Crippen LogP contribution in [-0.4, -0.2) is 56.3 Å². The molecule has 1 heterocycles. The molecule has 0 amide bonds. The van der Waals surface area contributed by atoms with Crippen molar-refractivity contribution in [3.05, 3.63) is 0 Å². The van der Waals surface area contributed by atoms with Crippen LogP contribution in [0, 0.1) is 5.92 Å². The molecule has 1 aliphatic heterocycles. The van der Waals surface area contributed by atoms with E-state index in [4.69, 9.17) is 0 Å². The largest absolute Gasteiger partial charge is 0.401 e. The third-order valence-electron chi connectivity index (χ3n) is 4.43. The summed E-state index contributed by atoms with van der Waals surface area (Å²) in [5.74, 6) is 0.984. The van der Waals surface area contributed by atoms with Crippen molar-refractivity contribution in [3.8, 4) is 0 Å². The fourth-order valence-electron chi connectivity index (χ4n) is 3.10. The minimum Gasteiger partial charge on any atom is -0.356 e. The van der Waals surface area contributed by atoms with Gasteiger partial charge in [-0.1, -0.05) is 32.6 Å². The van der Waals surface area contributed by atoms with Crippen LogP contribution in [0.2, 0.25) is 0 Å². The lowest BCUT2D eigenvalue weighted by Crippen LogP contribution is -2.44. The third-order valence-corrected chi connectivity index (χ3v) is 4.43. The van der Waals surface area contributed by atoms with Crippen LogP contribution in [0.15, 0.2) is 4.99 Å². The Labute approximate surface area is 144 Å². The van der Waals surface area contributed by atoms with Crippen molar-refractivity contribution in [2.24, 2.45) is 10.9 Å². The molecular weight excluding hydrogens is 317 g/mol. The summed E-state index contributed by atoms with van der Waals surface area (Å²) in [6.45, 7) is 5.22. The van der Waals surface area contributed by atoms with Crippen molar-refractivity contribution in [1.82, 2.24) is 15.5 Å². The Kier molecular flexibility index (Phi) is 9.48. The number of aliphatic imine (C=N–C) groups is 1. The van der Waals surface area contributed by atoms with E-state index in [-0.39, 0.29) is 5.92 Å². The van der Waals surface area contributed by atoms with E-state index in [1.165, 1.54) is 30.6 Å². The smallest absolute Gasteiger partial charge is 0.356 e. The van der Waals surface area contributed by atoms with Gasteiger partial charge >= 0.3 is 6.18 Å². The number of likely N-dealkylation sites (tertiary alicyclic amines) is 1. The first-order chi connectivity index (χ1) is 11.3. The molecule has 2 N–H and O–H groups in total. The van der Waals surface area contributed by atoms with Crippen LogP contribution < -0.4 is 10.6 Å². The normalized spacial score (nSPS) is 21.1. The molecule has 0 bridgehead atoms. The molecule has 0 aliphatic carbocycles. The Hall–Kier alpha value is -0.980. The Morgan fingerprint density at radius 1 is 1.29 bits per heavy atom. The fraction of sp³-hybridized carbons (Fsp3) is 0.941. The number of alkyl halides is 3. The van der Waals surface area contributed by atoms with Gasteiger partial charge in [0.15, 0.2) is 5.96 Å². The number of nitrogens with zero attached hydrogens (tertiary/aromatic N) is 2. The molecule has 0 aromatic heterocycles. The van der Waals surface area contributed by atoms with E-state index < -0.39 is 12.7 Å². The monoisotopic (exact) mass is 350 g/mol. The standard InChI is InChI=1S/C17H33F3N4/c1-4-5-6-7-8-14(2)23-16(21-3)22-11-15-9-10-24(12-15)13-17(18,19)20/h14-15H,4-13H2,1-3H3,(H2,21,22,23). The first kappa shape index (κ1) is 21.1. The van der Waals surface area contributed by atoms with E-state index in [2.05, 4.69) is 29.5 Å². The summed E-state index contributed by atoms with van der Waals surface area (Å²) in [5.41, 5.74) is 0. The second-order valence-corrected chi connectivity index (χ2v) is 6.85. The van der Waals surface area contributed by atoms with Crippen molar-refractivity contribution >= 4 is 5.96 Å². The molecule has 1 rings (SSSR count). The number of hydrogen-bond acceptors (Lipinski definition) is 2. The Morgan fingerprint density at radius 3 is 2.67 bits per heavy atom. The predicted octanol–water partition coefficient (Wildman–Crippen LogP) is 3.39. The number of unbranched alkanes of at least 4 members (excludes halogenated alkanes) is 3. The quantitative estimate of drug-likeness (QED) is 0.380. The van der Waals surface area contributed by atoms with Gasteiger partial charge in [0.1, 0.15) is 0 Å². The van der Waals surface area contributed by atoms with Crippen molar-refractivity contribution in [1.29, 1.82) is 0 Å². The lowest BCUT2D eigenvalue weighted by atomic mass is 10.1. The van der Waals surface area contributed by atoms with Crippen LogP contribution in [0.1, 0.15) is 52.4 Å². The van der Waals surface area contributed by atoms with E-state index in [0.717, 1.165) is 18.8 Å². The van der Waals surface area contributed by atoms with Gasteiger partial charge in [-0.25, -0.2) is 0 Å². The first-order valence-electron chi connectivity index (χ1n) is 9.10. The Balaban J connectivity index is 2.22. The van der Waals surface area contributed by atoms with Crippen LogP contribution in [0.5, 0.6) is 0 Å². The second-order valence-electron chi connectivity index (χ2n) is 6.85. The van der Waals surface area contributed by atoms with Gasteiger partial charge in [0.2, 0.25) is 0 Å². The summed E-state index contributed by atoms with van der Waals surface area (Å²) in [6, 6.07) is 0.346. The van der Waals surface area contributed by atoms with Crippen molar-refractivity contribution in [2.75, 3.05) is 33.2 Å². The molecule has 2 unspecified atom stereocenters. The molecule has 7 heteroatoms. The lowest BCUT2D eigenvalue weighted by Gasteiger charge is -2.20. The molecule has 0 spiro atoms. The van der Waals surface area contributed by atoms with E-state index in [1.807, 2.05) is 0 Å². The number of halogens is 3. The van der Waals surface area contributed by atoms with Crippen molar-refractivity contribution in [3.63, 3.8) is 0 Å². The molecule has 0 radical (unpaired) electrons. The molecule has 1 fully saturated rings. The number of nitrogens with one attached hydrogen (secondary N) is 2. The Bertz CT molecular complexity index is 371. The summed E-state index contributed by atoms with van der Waals surface area (Å²) < 4.78 is 37.2. The summed E-state index contributed by atoms with van der Waals surface area (Å²) in [4.78, 5) is 5.70. The van der Waals surface area contributed by atoms with Crippen LogP contribution in [0.4, 0.5) is 13.2 Å². The van der Waals surface area contributed by atoms with Crippen molar-refractivity contribution < 1.29 is 13.2 Å². The highest BCUT2D eigenvalue weighted by atomic mass is 19.4. The van der Waals surface area contributed by atoms with Crippen molar-refractivity contribution in [2.45, 2.75) is 64.6 Å². The van der Waals surface area contributed by atoms with E-state index in [0.29, 0.717) is 25.7 Å².